The fourth-order valence-electron chi connectivity index (χ4n) is 2.48. The number of esters is 1. The van der Waals surface area contributed by atoms with Crippen molar-refractivity contribution in [3.05, 3.63) is 68.7 Å². The fraction of sp³-hybridized carbons (Fsp3) is 0.167. The van der Waals surface area contributed by atoms with Gasteiger partial charge in [0.2, 0.25) is 6.79 Å². The van der Waals surface area contributed by atoms with E-state index in [2.05, 4.69) is 0 Å². The molecular formula is C18H14ClNO6. The molecule has 0 amide bonds. The van der Waals surface area contributed by atoms with Crippen LogP contribution >= 0.6 is 11.6 Å². The van der Waals surface area contributed by atoms with Gasteiger partial charge in [0.1, 0.15) is 6.10 Å². The van der Waals surface area contributed by atoms with Crippen molar-refractivity contribution in [3.63, 3.8) is 0 Å². The molecule has 1 aliphatic rings. The summed E-state index contributed by atoms with van der Waals surface area (Å²) in [6.07, 6.45) is 1.87. The van der Waals surface area contributed by atoms with E-state index in [0.29, 0.717) is 22.1 Å². The summed E-state index contributed by atoms with van der Waals surface area (Å²) in [7, 11) is 0. The summed E-state index contributed by atoms with van der Waals surface area (Å²) in [5.74, 6) is 0.0289. The summed E-state index contributed by atoms with van der Waals surface area (Å²) < 4.78 is 15.6. The highest BCUT2D eigenvalue weighted by Gasteiger charge is 2.22. The summed E-state index contributed by atoms with van der Waals surface area (Å²) in [5.41, 5.74) is 0.684. The Morgan fingerprint density at radius 2 is 2.00 bits per heavy atom. The van der Waals surface area contributed by atoms with Gasteiger partial charge in [-0.2, -0.15) is 0 Å². The summed E-state index contributed by atoms with van der Waals surface area (Å²) in [6.45, 7) is 1.69. The van der Waals surface area contributed by atoms with Gasteiger partial charge in [0.05, 0.1) is 16.6 Å². The molecule has 0 N–H and O–H groups in total. The van der Waals surface area contributed by atoms with Crippen molar-refractivity contribution in [1.82, 2.24) is 0 Å². The Labute approximate surface area is 153 Å². The minimum absolute atomic E-state index is 0.00293. The zero-order valence-corrected chi connectivity index (χ0v) is 14.4. The van der Waals surface area contributed by atoms with Crippen LogP contribution in [0.5, 0.6) is 11.5 Å². The molecule has 0 aliphatic carbocycles. The molecule has 0 spiro atoms. The lowest BCUT2D eigenvalue weighted by Crippen LogP contribution is -2.06. The number of halogens is 1. The van der Waals surface area contributed by atoms with E-state index in [1.165, 1.54) is 18.2 Å². The topological polar surface area (TPSA) is 87.9 Å². The van der Waals surface area contributed by atoms with Gasteiger partial charge in [0.15, 0.2) is 11.5 Å². The fourth-order valence-corrected chi connectivity index (χ4v) is 2.77. The highest BCUT2D eigenvalue weighted by Crippen LogP contribution is 2.38. The molecule has 0 saturated heterocycles. The zero-order valence-electron chi connectivity index (χ0n) is 13.7. The van der Waals surface area contributed by atoms with Crippen LogP contribution in [0.25, 0.3) is 6.08 Å². The third-order valence-corrected chi connectivity index (χ3v) is 4.10. The van der Waals surface area contributed by atoms with Gasteiger partial charge in [-0.3, -0.25) is 10.1 Å². The van der Waals surface area contributed by atoms with E-state index in [1.807, 2.05) is 0 Å². The Hall–Kier alpha value is -3.06. The van der Waals surface area contributed by atoms with Crippen LogP contribution in [0.15, 0.2) is 42.5 Å². The number of nitrogens with zero attached hydrogens (tertiary/aromatic N) is 1. The first-order valence-electron chi connectivity index (χ1n) is 7.67. The number of nitro benzene ring substituents is 1. The number of benzene rings is 2. The van der Waals surface area contributed by atoms with Gasteiger partial charge >= 0.3 is 5.97 Å². The summed E-state index contributed by atoms with van der Waals surface area (Å²) in [5, 5.41) is 11.7. The van der Waals surface area contributed by atoms with Crippen LogP contribution in [-0.4, -0.2) is 17.7 Å². The number of nitro groups is 1. The van der Waals surface area contributed by atoms with Crippen LogP contribution < -0.4 is 9.47 Å². The Balaban J connectivity index is 1.76. The Morgan fingerprint density at radius 1 is 1.31 bits per heavy atom. The highest BCUT2D eigenvalue weighted by molar-refractivity contribution is 6.31. The molecule has 26 heavy (non-hydrogen) atoms. The summed E-state index contributed by atoms with van der Waals surface area (Å²) >= 11 is 6.08. The van der Waals surface area contributed by atoms with E-state index >= 15 is 0 Å². The maximum atomic E-state index is 12.0. The lowest BCUT2D eigenvalue weighted by atomic mass is 10.1. The minimum Gasteiger partial charge on any atom is -0.455 e. The maximum Gasteiger partial charge on any atom is 0.331 e. The van der Waals surface area contributed by atoms with Crippen LogP contribution in [0.3, 0.4) is 0 Å². The molecular weight excluding hydrogens is 362 g/mol. The molecule has 1 unspecified atom stereocenters. The first-order valence-corrected chi connectivity index (χ1v) is 8.04. The molecule has 2 aromatic carbocycles. The molecule has 1 aliphatic heterocycles. The smallest absolute Gasteiger partial charge is 0.331 e. The van der Waals surface area contributed by atoms with Gasteiger partial charge in [0.25, 0.3) is 5.69 Å². The van der Waals surface area contributed by atoms with Gasteiger partial charge in [-0.1, -0.05) is 29.8 Å². The van der Waals surface area contributed by atoms with Crippen LogP contribution in [0.1, 0.15) is 24.2 Å². The van der Waals surface area contributed by atoms with Gasteiger partial charge < -0.3 is 14.2 Å². The van der Waals surface area contributed by atoms with Crippen molar-refractivity contribution in [2.24, 2.45) is 0 Å². The van der Waals surface area contributed by atoms with E-state index in [1.54, 1.807) is 31.2 Å². The molecule has 2 aromatic rings. The standard InChI is InChI=1S/C18H14ClNO6/c1-11(13-4-2-3-5-14(13)19)26-18(21)7-6-12-8-16-17(25-10-24-16)9-15(12)20(22)23/h2-9,11H,10H2,1H3/b7-6+. The molecule has 0 bridgehead atoms. The number of carbonyl (C=O) groups is 1. The average molecular weight is 376 g/mol. The van der Waals surface area contributed by atoms with Crippen molar-refractivity contribution in [1.29, 1.82) is 0 Å². The molecule has 8 heteroatoms. The van der Waals surface area contributed by atoms with Crippen LogP contribution in [0.4, 0.5) is 5.69 Å². The number of hydrogen-bond donors (Lipinski definition) is 0. The highest BCUT2D eigenvalue weighted by atomic mass is 35.5. The second kappa shape index (κ2) is 7.45. The Kier molecular flexibility index (Phi) is 5.09. The van der Waals surface area contributed by atoms with Crippen molar-refractivity contribution in [2.75, 3.05) is 6.79 Å². The molecule has 0 aromatic heterocycles. The van der Waals surface area contributed by atoms with E-state index in [0.717, 1.165) is 6.08 Å². The normalized spacial score (nSPS) is 13.6. The lowest BCUT2D eigenvalue weighted by molar-refractivity contribution is -0.385. The zero-order chi connectivity index (χ0) is 18.7. The van der Waals surface area contributed by atoms with E-state index in [9.17, 15) is 14.9 Å². The number of ether oxygens (including phenoxy) is 3. The summed E-state index contributed by atoms with van der Waals surface area (Å²) in [4.78, 5) is 22.7. The first-order chi connectivity index (χ1) is 12.5. The third kappa shape index (κ3) is 3.78. The molecule has 0 fully saturated rings. The van der Waals surface area contributed by atoms with Gasteiger partial charge in [-0.05, 0) is 25.1 Å². The Morgan fingerprint density at radius 3 is 2.69 bits per heavy atom. The second-order valence-electron chi connectivity index (χ2n) is 5.46. The third-order valence-electron chi connectivity index (χ3n) is 3.75. The molecule has 134 valence electrons. The van der Waals surface area contributed by atoms with Gasteiger partial charge in [0, 0.05) is 16.7 Å². The molecule has 1 heterocycles. The van der Waals surface area contributed by atoms with Crippen LogP contribution in [0, 0.1) is 10.1 Å². The van der Waals surface area contributed by atoms with Gasteiger partial charge in [-0.15, -0.1) is 0 Å². The van der Waals surface area contributed by atoms with Gasteiger partial charge in [-0.25, -0.2) is 4.79 Å². The predicted molar refractivity (Wildman–Crippen MR) is 94.2 cm³/mol. The predicted octanol–water partition coefficient (Wildman–Crippen LogP) is 4.29. The van der Waals surface area contributed by atoms with Crippen molar-refractivity contribution in [3.8, 4) is 11.5 Å². The Bertz CT molecular complexity index is 895. The molecule has 0 saturated carbocycles. The average Bonchev–Trinajstić information content (AvgIpc) is 3.06. The van der Waals surface area contributed by atoms with E-state index < -0.39 is 17.0 Å². The monoisotopic (exact) mass is 375 g/mol. The number of hydrogen-bond acceptors (Lipinski definition) is 6. The first kappa shape index (κ1) is 17.8. The molecule has 1 atom stereocenters. The number of fused-ring (bicyclic) bond motifs is 1. The second-order valence-corrected chi connectivity index (χ2v) is 5.86. The quantitative estimate of drug-likeness (QED) is 0.335. The van der Waals surface area contributed by atoms with E-state index in [-0.39, 0.29) is 18.0 Å². The number of rotatable bonds is 5. The number of carbonyl (C=O) groups excluding carboxylic acids is 1. The molecule has 3 rings (SSSR count). The minimum atomic E-state index is -0.649. The lowest BCUT2D eigenvalue weighted by Gasteiger charge is -2.13. The maximum absolute atomic E-state index is 12.0. The largest absolute Gasteiger partial charge is 0.455 e. The van der Waals surface area contributed by atoms with E-state index in [4.69, 9.17) is 25.8 Å². The van der Waals surface area contributed by atoms with Crippen molar-refractivity contribution >= 4 is 29.3 Å². The SMILES string of the molecule is CC(OC(=O)/C=C/c1cc2c(cc1[N+](=O)[O-])OCO2)c1ccccc1Cl. The molecule has 7 nitrogen and oxygen atoms in total. The van der Waals surface area contributed by atoms with Crippen molar-refractivity contribution in [2.45, 2.75) is 13.0 Å². The summed E-state index contributed by atoms with van der Waals surface area (Å²) in [6, 6.07) is 9.73. The van der Waals surface area contributed by atoms with Crippen LogP contribution in [-0.2, 0) is 9.53 Å². The van der Waals surface area contributed by atoms with Crippen molar-refractivity contribution < 1.29 is 23.9 Å². The molecule has 0 radical (unpaired) electrons. The van der Waals surface area contributed by atoms with Crippen LogP contribution in [0.2, 0.25) is 5.02 Å².